The molecule has 1 atom stereocenters. The fourth-order valence-electron chi connectivity index (χ4n) is 4.23. The van der Waals surface area contributed by atoms with Crippen molar-refractivity contribution in [3.8, 4) is 16.9 Å². The van der Waals surface area contributed by atoms with E-state index in [1.54, 1.807) is 0 Å². The zero-order chi connectivity index (χ0) is 24.1. The Morgan fingerprint density at radius 2 is 1.42 bits per heavy atom. The van der Waals surface area contributed by atoms with Crippen molar-refractivity contribution in [1.29, 1.82) is 0 Å². The van der Waals surface area contributed by atoms with Crippen LogP contribution in [0.4, 0.5) is 26.3 Å². The number of hydrogen-bond donors (Lipinski definition) is 0. The summed E-state index contributed by atoms with van der Waals surface area (Å²) in [6.45, 7) is 2.23. The highest BCUT2D eigenvalue weighted by atomic mass is 19.4. The van der Waals surface area contributed by atoms with Gasteiger partial charge in [0.1, 0.15) is 5.75 Å². The number of alkyl halides is 6. The van der Waals surface area contributed by atoms with Crippen LogP contribution in [0.5, 0.6) is 5.75 Å². The maximum absolute atomic E-state index is 13.4. The van der Waals surface area contributed by atoms with Crippen LogP contribution in [0.15, 0.2) is 54.6 Å². The summed E-state index contributed by atoms with van der Waals surface area (Å²) in [6.07, 6.45) is -3.17. The summed E-state index contributed by atoms with van der Waals surface area (Å²) in [5.41, 5.74) is 2.53. The largest absolute Gasteiger partial charge is 0.439 e. The molecule has 7 heteroatoms. The topological polar surface area (TPSA) is 9.23 Å². The van der Waals surface area contributed by atoms with E-state index in [2.05, 4.69) is 23.8 Å². The quantitative estimate of drug-likeness (QED) is 0.350. The molecule has 1 unspecified atom stereocenters. The molecule has 0 heterocycles. The molecule has 0 amide bonds. The summed E-state index contributed by atoms with van der Waals surface area (Å²) < 4.78 is 80.5. The van der Waals surface area contributed by atoms with Crippen LogP contribution in [-0.2, 0) is 0 Å². The number of halogens is 6. The Kier molecular flexibility index (Phi) is 8.14. The third-order valence-electron chi connectivity index (χ3n) is 6.08. The van der Waals surface area contributed by atoms with Gasteiger partial charge in [-0.1, -0.05) is 68.3 Å². The van der Waals surface area contributed by atoms with E-state index in [1.165, 1.54) is 50.7 Å². The Balaban J connectivity index is 1.58. The predicted molar refractivity (Wildman–Crippen MR) is 118 cm³/mol. The number of ether oxygens (including phenoxy) is 1. The molecule has 33 heavy (non-hydrogen) atoms. The second-order valence-corrected chi connectivity index (χ2v) is 8.64. The minimum Gasteiger partial charge on any atom is -0.430 e. The molecule has 180 valence electrons. The molecule has 0 saturated heterocycles. The van der Waals surface area contributed by atoms with E-state index in [4.69, 9.17) is 0 Å². The molecule has 1 nitrogen and oxygen atoms in total. The minimum absolute atomic E-state index is 0.552. The van der Waals surface area contributed by atoms with Gasteiger partial charge in [0.05, 0.1) is 0 Å². The Labute approximate surface area is 190 Å². The number of allylic oxidation sites excluding steroid dienone is 1. The number of benzene rings is 2. The Bertz CT molecular complexity index is 894. The second-order valence-electron chi connectivity index (χ2n) is 8.64. The average molecular weight is 470 g/mol. The van der Waals surface area contributed by atoms with Gasteiger partial charge in [-0.05, 0) is 66.3 Å². The molecule has 0 N–H and O–H groups in total. The van der Waals surface area contributed by atoms with Crippen LogP contribution in [0.25, 0.3) is 17.2 Å². The van der Waals surface area contributed by atoms with Crippen molar-refractivity contribution in [2.45, 2.75) is 63.9 Å². The Hall–Kier alpha value is -2.44. The first-order valence-electron chi connectivity index (χ1n) is 11.2. The van der Waals surface area contributed by atoms with E-state index in [9.17, 15) is 26.3 Å². The van der Waals surface area contributed by atoms with Crippen LogP contribution < -0.4 is 4.74 Å². The van der Waals surface area contributed by atoms with Gasteiger partial charge in [-0.3, -0.25) is 0 Å². The highest BCUT2D eigenvalue weighted by Crippen LogP contribution is 2.37. The molecular weight excluding hydrogens is 442 g/mol. The monoisotopic (exact) mass is 470 g/mol. The molecule has 1 saturated carbocycles. The predicted octanol–water partition coefficient (Wildman–Crippen LogP) is 8.85. The summed E-state index contributed by atoms with van der Waals surface area (Å²) in [6, 6.07) is 12.7. The first-order valence-corrected chi connectivity index (χ1v) is 11.2. The molecule has 1 fully saturated rings. The molecule has 0 bridgehead atoms. The first kappa shape index (κ1) is 25.2. The lowest BCUT2D eigenvalue weighted by atomic mass is 9.80. The molecule has 0 aliphatic heterocycles. The number of rotatable bonds is 8. The van der Waals surface area contributed by atoms with Crippen LogP contribution >= 0.6 is 0 Å². The maximum atomic E-state index is 13.4. The van der Waals surface area contributed by atoms with E-state index in [-0.39, 0.29) is 0 Å². The fourth-order valence-corrected chi connectivity index (χ4v) is 4.23. The normalized spacial score (nSPS) is 20.7. The molecule has 1 aliphatic carbocycles. The first-order chi connectivity index (χ1) is 15.6. The summed E-state index contributed by atoms with van der Waals surface area (Å²) in [5, 5.41) is 0. The third kappa shape index (κ3) is 7.02. The highest BCUT2D eigenvalue weighted by Gasteiger charge is 2.59. The van der Waals surface area contributed by atoms with Gasteiger partial charge in [-0.2, -0.15) is 22.0 Å². The van der Waals surface area contributed by atoms with Gasteiger partial charge in [0.15, 0.2) is 0 Å². The SMILES string of the molecule is CCCC1CCC(/C=C/c2ccc(-c3ccc(OC(F)(F)C(F)C(F)(F)F)cc3)cc2)CC1. The smallest absolute Gasteiger partial charge is 0.430 e. The zero-order valence-electron chi connectivity index (χ0n) is 18.4. The lowest BCUT2D eigenvalue weighted by Gasteiger charge is -2.26. The van der Waals surface area contributed by atoms with E-state index in [0.717, 1.165) is 29.2 Å². The molecule has 0 spiro atoms. The lowest BCUT2D eigenvalue weighted by molar-refractivity contribution is -0.304. The molecule has 1 aliphatic rings. The van der Waals surface area contributed by atoms with Crippen LogP contribution in [0.3, 0.4) is 0 Å². The van der Waals surface area contributed by atoms with Crippen molar-refractivity contribution < 1.29 is 31.1 Å². The minimum atomic E-state index is -5.71. The van der Waals surface area contributed by atoms with E-state index in [0.29, 0.717) is 11.5 Å². The Morgan fingerprint density at radius 1 is 0.879 bits per heavy atom. The molecule has 3 rings (SSSR count). The van der Waals surface area contributed by atoms with Gasteiger partial charge in [0, 0.05) is 0 Å². The number of hydrogen-bond acceptors (Lipinski definition) is 1. The van der Waals surface area contributed by atoms with Crippen LogP contribution in [0.2, 0.25) is 0 Å². The van der Waals surface area contributed by atoms with E-state index in [1.807, 2.05) is 24.3 Å². The van der Waals surface area contributed by atoms with Crippen LogP contribution in [-0.4, -0.2) is 18.5 Å². The summed E-state index contributed by atoms with van der Waals surface area (Å²) in [4.78, 5) is 0. The maximum Gasteiger partial charge on any atom is 0.439 e. The van der Waals surface area contributed by atoms with E-state index < -0.39 is 24.2 Å². The van der Waals surface area contributed by atoms with Crippen molar-refractivity contribution in [3.05, 3.63) is 60.2 Å². The van der Waals surface area contributed by atoms with Crippen molar-refractivity contribution in [2.75, 3.05) is 0 Å². The van der Waals surface area contributed by atoms with Crippen LogP contribution in [0.1, 0.15) is 51.0 Å². The molecular formula is C26H28F6O. The average Bonchev–Trinajstić information content (AvgIpc) is 2.78. The highest BCUT2D eigenvalue weighted by molar-refractivity contribution is 5.66. The van der Waals surface area contributed by atoms with Crippen molar-refractivity contribution in [1.82, 2.24) is 0 Å². The van der Waals surface area contributed by atoms with Crippen molar-refractivity contribution in [3.63, 3.8) is 0 Å². The standard InChI is InChI=1S/C26H28F6O/c1-2-3-18-4-6-19(7-5-18)8-9-20-10-12-21(13-11-20)22-14-16-23(17-15-22)33-26(31,32)24(27)25(28,29)30/h8-19,24H,2-7H2,1H3/b9-8+. The van der Waals surface area contributed by atoms with Gasteiger partial charge >= 0.3 is 12.3 Å². The van der Waals surface area contributed by atoms with E-state index >= 15 is 0 Å². The summed E-state index contributed by atoms with van der Waals surface area (Å²) >= 11 is 0. The van der Waals surface area contributed by atoms with Gasteiger partial charge in [-0.25, -0.2) is 4.39 Å². The summed E-state index contributed by atoms with van der Waals surface area (Å²) in [7, 11) is 0. The second kappa shape index (κ2) is 10.7. The molecule has 2 aromatic carbocycles. The summed E-state index contributed by atoms with van der Waals surface area (Å²) in [5.74, 6) is 0.915. The van der Waals surface area contributed by atoms with Gasteiger partial charge < -0.3 is 4.74 Å². The van der Waals surface area contributed by atoms with Crippen molar-refractivity contribution >= 4 is 6.08 Å². The van der Waals surface area contributed by atoms with Gasteiger partial charge in [0.2, 0.25) is 0 Å². The molecule has 0 radical (unpaired) electrons. The van der Waals surface area contributed by atoms with Crippen molar-refractivity contribution in [2.24, 2.45) is 11.8 Å². The fraction of sp³-hybridized carbons (Fsp3) is 0.462. The molecule has 0 aromatic heterocycles. The van der Waals surface area contributed by atoms with Crippen LogP contribution in [0, 0.1) is 11.8 Å². The lowest BCUT2D eigenvalue weighted by Crippen LogP contribution is -2.45. The molecule has 2 aromatic rings. The third-order valence-corrected chi connectivity index (χ3v) is 6.08. The zero-order valence-corrected chi connectivity index (χ0v) is 18.4. The van der Waals surface area contributed by atoms with Gasteiger partial charge in [0.25, 0.3) is 6.17 Å². The van der Waals surface area contributed by atoms with Gasteiger partial charge in [-0.15, -0.1) is 0 Å². The Morgan fingerprint density at radius 3 is 1.94 bits per heavy atom.